The molecule has 30 heavy (non-hydrogen) atoms. The van der Waals surface area contributed by atoms with Gasteiger partial charge in [-0.1, -0.05) is 24.3 Å². The molecular weight excluding hydrogens is 388 g/mol. The van der Waals surface area contributed by atoms with Gasteiger partial charge in [-0.3, -0.25) is 4.79 Å². The van der Waals surface area contributed by atoms with Gasteiger partial charge in [0.15, 0.2) is 5.88 Å². The lowest BCUT2D eigenvalue weighted by Crippen LogP contribution is -2.05. The van der Waals surface area contributed by atoms with E-state index in [9.17, 15) is 19.5 Å². The first-order valence-corrected chi connectivity index (χ1v) is 8.90. The summed E-state index contributed by atoms with van der Waals surface area (Å²) in [6.07, 6.45) is 0. The van der Waals surface area contributed by atoms with Gasteiger partial charge in [-0.2, -0.15) is 0 Å². The standard InChI is InChI=1S/C22H16N2O6/c1-29-21(27)13-7-3-5-11(9-13)17-15-16(20(26)23-17)18(24-19(15)25)12-6-4-8-14(10-12)22(28)30-2/h3-10,23,26H,1-2H3. The molecule has 4 rings (SSSR count). The molecule has 0 spiro atoms. The third kappa shape index (κ3) is 3.04. The van der Waals surface area contributed by atoms with Crippen LogP contribution in [0, 0.1) is 0 Å². The Bertz CT molecular complexity index is 1240. The van der Waals surface area contributed by atoms with Crippen molar-refractivity contribution in [3.05, 3.63) is 76.3 Å². The zero-order valence-electron chi connectivity index (χ0n) is 16.1. The number of amides is 1. The summed E-state index contributed by atoms with van der Waals surface area (Å²) in [5, 5.41) is 10.5. The highest BCUT2D eigenvalue weighted by Gasteiger charge is 2.33. The number of fused-ring (bicyclic) bond motifs is 1. The summed E-state index contributed by atoms with van der Waals surface area (Å²) in [6, 6.07) is 12.9. The van der Waals surface area contributed by atoms with Crippen molar-refractivity contribution >= 4 is 23.6 Å². The molecule has 1 aliphatic rings. The summed E-state index contributed by atoms with van der Waals surface area (Å²) >= 11 is 0. The number of esters is 2. The van der Waals surface area contributed by atoms with Crippen molar-refractivity contribution in [3.63, 3.8) is 0 Å². The maximum atomic E-state index is 12.7. The number of carbonyl (C=O) groups excluding carboxylic acids is 3. The summed E-state index contributed by atoms with van der Waals surface area (Å²) in [5.74, 6) is -1.83. The maximum absolute atomic E-state index is 12.7. The molecule has 150 valence electrons. The number of aromatic nitrogens is 1. The maximum Gasteiger partial charge on any atom is 0.337 e. The van der Waals surface area contributed by atoms with Gasteiger partial charge in [-0.05, 0) is 29.8 Å². The predicted molar refractivity (Wildman–Crippen MR) is 107 cm³/mol. The zero-order valence-corrected chi connectivity index (χ0v) is 16.1. The molecule has 0 atom stereocenters. The van der Waals surface area contributed by atoms with E-state index in [0.29, 0.717) is 27.9 Å². The molecule has 1 amide bonds. The Balaban J connectivity index is 1.82. The highest BCUT2D eigenvalue weighted by Crippen LogP contribution is 2.38. The highest BCUT2D eigenvalue weighted by atomic mass is 16.5. The van der Waals surface area contributed by atoms with Gasteiger partial charge in [-0.25, -0.2) is 14.6 Å². The van der Waals surface area contributed by atoms with Crippen LogP contribution in [0.2, 0.25) is 0 Å². The number of aromatic amines is 1. The topological polar surface area (TPSA) is 118 Å². The lowest BCUT2D eigenvalue weighted by molar-refractivity contribution is 0.0592. The number of hydrogen-bond acceptors (Lipinski definition) is 6. The molecule has 0 saturated heterocycles. The number of aromatic hydroxyl groups is 1. The molecule has 1 aromatic heterocycles. The number of nitrogens with zero attached hydrogens (tertiary/aromatic N) is 1. The van der Waals surface area contributed by atoms with Gasteiger partial charge >= 0.3 is 11.9 Å². The molecule has 8 nitrogen and oxygen atoms in total. The molecule has 0 bridgehead atoms. The largest absolute Gasteiger partial charge is 0.494 e. The average Bonchev–Trinajstić information content (AvgIpc) is 3.31. The van der Waals surface area contributed by atoms with Crippen LogP contribution in [-0.2, 0) is 9.47 Å². The normalized spacial score (nSPS) is 12.3. The van der Waals surface area contributed by atoms with Crippen LogP contribution >= 0.6 is 0 Å². The Morgan fingerprint density at radius 2 is 1.47 bits per heavy atom. The molecular formula is C22H16N2O6. The van der Waals surface area contributed by atoms with E-state index in [4.69, 9.17) is 9.47 Å². The van der Waals surface area contributed by atoms with Gasteiger partial charge in [0.05, 0.1) is 47.9 Å². The predicted octanol–water partition coefficient (Wildman–Crippen LogP) is 2.95. The van der Waals surface area contributed by atoms with E-state index in [-0.39, 0.29) is 22.7 Å². The fourth-order valence-electron chi connectivity index (χ4n) is 3.40. The van der Waals surface area contributed by atoms with Crippen LogP contribution in [0.4, 0.5) is 0 Å². The minimum Gasteiger partial charge on any atom is -0.494 e. The monoisotopic (exact) mass is 404 g/mol. The van der Waals surface area contributed by atoms with E-state index in [1.165, 1.54) is 20.3 Å². The fraction of sp³-hybridized carbons (Fsp3) is 0.0909. The van der Waals surface area contributed by atoms with Crippen molar-refractivity contribution in [1.29, 1.82) is 0 Å². The summed E-state index contributed by atoms with van der Waals surface area (Å²) in [6.45, 7) is 0. The van der Waals surface area contributed by atoms with Gasteiger partial charge in [-0.15, -0.1) is 0 Å². The smallest absolute Gasteiger partial charge is 0.337 e. The van der Waals surface area contributed by atoms with Crippen molar-refractivity contribution in [2.24, 2.45) is 4.99 Å². The first-order chi connectivity index (χ1) is 14.4. The lowest BCUT2D eigenvalue weighted by Gasteiger charge is -2.04. The molecule has 0 aliphatic carbocycles. The van der Waals surface area contributed by atoms with Gasteiger partial charge in [0.25, 0.3) is 5.91 Å². The molecule has 1 aliphatic heterocycles. The Hall–Kier alpha value is -4.20. The van der Waals surface area contributed by atoms with Crippen molar-refractivity contribution in [1.82, 2.24) is 4.98 Å². The first-order valence-electron chi connectivity index (χ1n) is 8.90. The number of hydrogen-bond donors (Lipinski definition) is 2. The van der Waals surface area contributed by atoms with Gasteiger partial charge in [0.2, 0.25) is 0 Å². The highest BCUT2D eigenvalue weighted by molar-refractivity contribution is 6.30. The molecule has 2 aromatic carbocycles. The zero-order chi connectivity index (χ0) is 21.4. The van der Waals surface area contributed by atoms with Gasteiger partial charge < -0.3 is 19.6 Å². The number of methoxy groups -OCH3 is 2. The fourth-order valence-corrected chi connectivity index (χ4v) is 3.40. The number of rotatable bonds is 4. The van der Waals surface area contributed by atoms with Crippen LogP contribution < -0.4 is 0 Å². The van der Waals surface area contributed by atoms with Gasteiger partial charge in [0.1, 0.15) is 0 Å². The SMILES string of the molecule is COC(=O)c1cccc(C2=NC(=O)c3c(-c4cccc(C(=O)OC)c4)[nH]c(O)c32)c1. The molecule has 8 heteroatoms. The first kappa shape index (κ1) is 19.1. The Labute approximate surface area is 170 Å². The second-order valence-electron chi connectivity index (χ2n) is 6.51. The molecule has 0 saturated carbocycles. The van der Waals surface area contributed by atoms with E-state index in [1.807, 2.05) is 0 Å². The van der Waals surface area contributed by atoms with Crippen molar-refractivity contribution in [2.75, 3.05) is 14.2 Å². The van der Waals surface area contributed by atoms with Crippen LogP contribution in [0.3, 0.4) is 0 Å². The van der Waals surface area contributed by atoms with Crippen LogP contribution in [0.1, 0.15) is 42.2 Å². The van der Waals surface area contributed by atoms with Gasteiger partial charge in [0, 0.05) is 5.56 Å². The van der Waals surface area contributed by atoms with Crippen molar-refractivity contribution in [2.45, 2.75) is 0 Å². The molecule has 0 radical (unpaired) electrons. The number of aliphatic imine (C=N–C) groups is 1. The van der Waals surface area contributed by atoms with E-state index in [2.05, 4.69) is 9.98 Å². The summed E-state index contributed by atoms with van der Waals surface area (Å²) in [7, 11) is 2.55. The third-order valence-corrected chi connectivity index (χ3v) is 4.77. The molecule has 3 aromatic rings. The minimum atomic E-state index is -0.543. The number of nitrogens with one attached hydrogen (secondary N) is 1. The number of ether oxygens (including phenoxy) is 2. The van der Waals surface area contributed by atoms with E-state index in [0.717, 1.165) is 0 Å². The van der Waals surface area contributed by atoms with Crippen LogP contribution in [0.5, 0.6) is 5.88 Å². The second kappa shape index (κ2) is 7.32. The van der Waals surface area contributed by atoms with Crippen molar-refractivity contribution in [3.8, 4) is 17.1 Å². The van der Waals surface area contributed by atoms with Crippen molar-refractivity contribution < 1.29 is 29.0 Å². The lowest BCUT2D eigenvalue weighted by atomic mass is 9.98. The number of benzene rings is 2. The molecule has 2 N–H and O–H groups in total. The van der Waals surface area contributed by atoms with E-state index in [1.54, 1.807) is 42.5 Å². The third-order valence-electron chi connectivity index (χ3n) is 4.77. The molecule has 0 unspecified atom stereocenters. The van der Waals surface area contributed by atoms with Crippen LogP contribution in [0.15, 0.2) is 53.5 Å². The minimum absolute atomic E-state index is 0.188. The Morgan fingerprint density at radius 3 is 2.07 bits per heavy atom. The molecule has 0 fully saturated rings. The second-order valence-corrected chi connectivity index (χ2v) is 6.51. The summed E-state index contributed by atoms with van der Waals surface area (Å²) in [4.78, 5) is 43.3. The quantitative estimate of drug-likeness (QED) is 0.646. The Kier molecular flexibility index (Phi) is 4.67. The number of H-pyrrole nitrogens is 1. The average molecular weight is 404 g/mol. The van der Waals surface area contributed by atoms with Crippen LogP contribution in [0.25, 0.3) is 11.3 Å². The van der Waals surface area contributed by atoms with E-state index >= 15 is 0 Å². The van der Waals surface area contributed by atoms with E-state index < -0.39 is 17.8 Å². The molecule has 2 heterocycles. The Morgan fingerprint density at radius 1 is 0.900 bits per heavy atom. The van der Waals surface area contributed by atoms with Crippen LogP contribution in [-0.4, -0.2) is 47.9 Å². The summed E-state index contributed by atoms with van der Waals surface area (Å²) < 4.78 is 9.47. The summed E-state index contributed by atoms with van der Waals surface area (Å²) in [5.41, 5.74) is 2.59. The number of carbonyl (C=O) groups is 3.